The van der Waals surface area contributed by atoms with E-state index in [0.29, 0.717) is 13.2 Å². The van der Waals surface area contributed by atoms with E-state index in [0.717, 1.165) is 6.54 Å². The molecule has 1 amide bonds. The van der Waals surface area contributed by atoms with Crippen molar-refractivity contribution in [3.05, 3.63) is 22.4 Å². The molecule has 0 spiro atoms. The summed E-state index contributed by atoms with van der Waals surface area (Å²) in [5, 5.41) is 5.22. The number of hydrogen-bond donors (Lipinski definition) is 1. The summed E-state index contributed by atoms with van der Waals surface area (Å²) in [6, 6.07) is 3.99. The molecule has 1 aliphatic rings. The molecular formula is C12H18N2O2S. The van der Waals surface area contributed by atoms with Crippen LogP contribution < -0.4 is 5.32 Å². The summed E-state index contributed by atoms with van der Waals surface area (Å²) in [5.41, 5.74) is 0. The molecule has 17 heavy (non-hydrogen) atoms. The molecule has 2 heterocycles. The molecule has 1 aromatic rings. The normalized spacial score (nSPS) is 22.1. The van der Waals surface area contributed by atoms with Crippen molar-refractivity contribution in [1.29, 1.82) is 0 Å². The van der Waals surface area contributed by atoms with Gasteiger partial charge in [0.05, 0.1) is 19.3 Å². The van der Waals surface area contributed by atoms with E-state index >= 15 is 0 Å². The van der Waals surface area contributed by atoms with E-state index in [4.69, 9.17) is 4.74 Å². The van der Waals surface area contributed by atoms with Gasteiger partial charge in [0.15, 0.2) is 0 Å². The second-order valence-electron chi connectivity index (χ2n) is 4.22. The van der Waals surface area contributed by atoms with Crippen molar-refractivity contribution in [3.8, 4) is 0 Å². The molecule has 4 nitrogen and oxygen atoms in total. The second-order valence-corrected chi connectivity index (χ2v) is 5.20. The van der Waals surface area contributed by atoms with Gasteiger partial charge in [-0.15, -0.1) is 11.3 Å². The first-order chi connectivity index (χ1) is 8.20. The summed E-state index contributed by atoms with van der Waals surface area (Å²) in [6.07, 6.45) is 0. The highest BCUT2D eigenvalue weighted by Crippen LogP contribution is 2.23. The van der Waals surface area contributed by atoms with Crippen LogP contribution in [0.25, 0.3) is 0 Å². The molecule has 2 atom stereocenters. The monoisotopic (exact) mass is 254 g/mol. The van der Waals surface area contributed by atoms with Gasteiger partial charge in [0, 0.05) is 18.5 Å². The van der Waals surface area contributed by atoms with Gasteiger partial charge in [-0.25, -0.2) is 0 Å². The summed E-state index contributed by atoms with van der Waals surface area (Å²) < 4.78 is 5.32. The number of thiophene rings is 1. The maximum atomic E-state index is 12.2. The number of likely N-dealkylation sites (N-methyl/N-ethyl adjacent to an activating group) is 1. The summed E-state index contributed by atoms with van der Waals surface area (Å²) >= 11 is 1.68. The Labute approximate surface area is 106 Å². The summed E-state index contributed by atoms with van der Waals surface area (Å²) in [7, 11) is 1.85. The molecule has 94 valence electrons. The van der Waals surface area contributed by atoms with E-state index < -0.39 is 0 Å². The minimum atomic E-state index is -0.198. The first kappa shape index (κ1) is 12.5. The van der Waals surface area contributed by atoms with Crippen LogP contribution in [-0.2, 0) is 9.53 Å². The third-order valence-electron chi connectivity index (χ3n) is 3.10. The fraction of sp³-hybridized carbons (Fsp3) is 0.583. The molecule has 1 aliphatic heterocycles. The zero-order chi connectivity index (χ0) is 12.3. The van der Waals surface area contributed by atoms with Crippen LogP contribution in [-0.4, -0.2) is 43.7 Å². The van der Waals surface area contributed by atoms with Gasteiger partial charge in [0.2, 0.25) is 5.91 Å². The Morgan fingerprint density at radius 2 is 2.53 bits per heavy atom. The molecule has 5 heteroatoms. The number of carbonyl (C=O) groups is 1. The average molecular weight is 254 g/mol. The van der Waals surface area contributed by atoms with Gasteiger partial charge in [0.1, 0.15) is 6.04 Å². The van der Waals surface area contributed by atoms with Gasteiger partial charge in [-0.3, -0.25) is 4.79 Å². The highest BCUT2D eigenvalue weighted by atomic mass is 32.1. The highest BCUT2D eigenvalue weighted by Gasteiger charge is 2.27. The smallest absolute Gasteiger partial charge is 0.242 e. The second kappa shape index (κ2) is 5.62. The van der Waals surface area contributed by atoms with Crippen LogP contribution in [0.15, 0.2) is 17.5 Å². The SMILES string of the molecule is CC(c1cccs1)N(C)C(=O)C1COCCN1. The van der Waals surface area contributed by atoms with E-state index in [1.54, 1.807) is 16.2 Å². The number of nitrogens with zero attached hydrogens (tertiary/aromatic N) is 1. The number of rotatable bonds is 3. The van der Waals surface area contributed by atoms with E-state index in [1.807, 2.05) is 25.4 Å². The first-order valence-corrected chi connectivity index (χ1v) is 6.69. The lowest BCUT2D eigenvalue weighted by atomic mass is 10.2. The third kappa shape index (κ3) is 2.86. The van der Waals surface area contributed by atoms with E-state index in [9.17, 15) is 4.79 Å². The topological polar surface area (TPSA) is 41.6 Å². The van der Waals surface area contributed by atoms with Crippen LogP contribution in [0.4, 0.5) is 0 Å². The molecule has 0 bridgehead atoms. The molecule has 2 unspecified atom stereocenters. The van der Waals surface area contributed by atoms with Crippen molar-refractivity contribution in [2.45, 2.75) is 19.0 Å². The third-order valence-corrected chi connectivity index (χ3v) is 4.15. The van der Waals surface area contributed by atoms with Gasteiger partial charge >= 0.3 is 0 Å². The largest absolute Gasteiger partial charge is 0.378 e. The summed E-state index contributed by atoms with van der Waals surface area (Å²) in [4.78, 5) is 15.2. The molecular weight excluding hydrogens is 236 g/mol. The lowest BCUT2D eigenvalue weighted by molar-refractivity contribution is -0.136. The van der Waals surface area contributed by atoms with Crippen molar-refractivity contribution in [2.75, 3.05) is 26.8 Å². The Kier molecular flexibility index (Phi) is 4.15. The molecule has 0 aromatic carbocycles. The van der Waals surface area contributed by atoms with E-state index in [-0.39, 0.29) is 18.0 Å². The molecule has 1 N–H and O–H groups in total. The van der Waals surface area contributed by atoms with Gasteiger partial charge in [-0.05, 0) is 18.4 Å². The maximum Gasteiger partial charge on any atom is 0.242 e. The van der Waals surface area contributed by atoms with Gasteiger partial charge in [-0.2, -0.15) is 0 Å². The first-order valence-electron chi connectivity index (χ1n) is 5.81. The highest BCUT2D eigenvalue weighted by molar-refractivity contribution is 7.10. The van der Waals surface area contributed by atoms with Crippen LogP contribution in [0.2, 0.25) is 0 Å². The minimum absolute atomic E-state index is 0.102. The number of carbonyl (C=O) groups excluding carboxylic acids is 1. The van der Waals surface area contributed by atoms with Crippen molar-refractivity contribution in [3.63, 3.8) is 0 Å². The molecule has 0 saturated carbocycles. The van der Waals surface area contributed by atoms with Crippen LogP contribution in [0.1, 0.15) is 17.8 Å². The Bertz CT molecular complexity index is 361. The molecule has 1 saturated heterocycles. The zero-order valence-electron chi connectivity index (χ0n) is 10.2. The number of morpholine rings is 1. The van der Waals surface area contributed by atoms with Crippen molar-refractivity contribution >= 4 is 17.2 Å². The fourth-order valence-electron chi connectivity index (χ4n) is 1.88. The lowest BCUT2D eigenvalue weighted by Crippen LogP contribution is -2.52. The van der Waals surface area contributed by atoms with Gasteiger partial charge in [-0.1, -0.05) is 6.07 Å². The van der Waals surface area contributed by atoms with Gasteiger partial charge < -0.3 is 15.0 Å². The van der Waals surface area contributed by atoms with Crippen LogP contribution in [0.3, 0.4) is 0 Å². The zero-order valence-corrected chi connectivity index (χ0v) is 11.0. The lowest BCUT2D eigenvalue weighted by Gasteiger charge is -2.30. The Balaban J connectivity index is 1.98. The molecule has 0 aliphatic carbocycles. The Hall–Kier alpha value is -0.910. The average Bonchev–Trinajstić information content (AvgIpc) is 2.91. The maximum absolute atomic E-state index is 12.2. The number of amides is 1. The van der Waals surface area contributed by atoms with E-state index in [1.165, 1.54) is 4.88 Å². The number of hydrogen-bond acceptors (Lipinski definition) is 4. The number of nitrogens with one attached hydrogen (secondary N) is 1. The summed E-state index contributed by atoms with van der Waals surface area (Å²) in [6.45, 7) is 3.96. The molecule has 1 fully saturated rings. The predicted molar refractivity (Wildman–Crippen MR) is 68.1 cm³/mol. The standard InChI is InChI=1S/C12H18N2O2S/c1-9(11-4-3-7-17-11)14(2)12(15)10-8-16-6-5-13-10/h3-4,7,9-10,13H,5-6,8H2,1-2H3. The van der Waals surface area contributed by atoms with Crippen molar-refractivity contribution < 1.29 is 9.53 Å². The van der Waals surface area contributed by atoms with Crippen molar-refractivity contribution in [2.24, 2.45) is 0 Å². The quantitative estimate of drug-likeness (QED) is 0.883. The van der Waals surface area contributed by atoms with Crippen LogP contribution in [0, 0.1) is 0 Å². The van der Waals surface area contributed by atoms with Gasteiger partial charge in [0.25, 0.3) is 0 Å². The molecule has 2 rings (SSSR count). The fourth-order valence-corrected chi connectivity index (χ4v) is 2.71. The van der Waals surface area contributed by atoms with E-state index in [2.05, 4.69) is 11.4 Å². The van der Waals surface area contributed by atoms with Crippen LogP contribution in [0.5, 0.6) is 0 Å². The molecule has 1 aromatic heterocycles. The van der Waals surface area contributed by atoms with Crippen LogP contribution >= 0.6 is 11.3 Å². The predicted octanol–water partition coefficient (Wildman–Crippen LogP) is 1.26. The Morgan fingerprint density at radius 1 is 1.71 bits per heavy atom. The Morgan fingerprint density at radius 3 is 3.12 bits per heavy atom. The minimum Gasteiger partial charge on any atom is -0.378 e. The molecule has 0 radical (unpaired) electrons. The van der Waals surface area contributed by atoms with Crippen molar-refractivity contribution in [1.82, 2.24) is 10.2 Å². The summed E-state index contributed by atoms with van der Waals surface area (Å²) in [5.74, 6) is 0.102. The number of ether oxygens (including phenoxy) is 1.